The summed E-state index contributed by atoms with van der Waals surface area (Å²) in [5.74, 6) is 0. The Bertz CT molecular complexity index is 7420. The van der Waals surface area contributed by atoms with Gasteiger partial charge in [-0.1, -0.05) is 359 Å². The zero-order chi connectivity index (χ0) is 85.8. The molecule has 4 heterocycles. The van der Waals surface area contributed by atoms with E-state index in [0.29, 0.717) is 27.4 Å². The zero-order valence-electron chi connectivity index (χ0n) is 74.1. The topological polar surface area (TPSA) is 21.3 Å². The van der Waals surface area contributed by atoms with E-state index in [-0.39, 0.29) is 62.4 Å². The first kappa shape index (κ1) is 66.7. The van der Waals surface area contributed by atoms with Crippen molar-refractivity contribution in [2.24, 2.45) is 0 Å². The van der Waals surface area contributed by atoms with Crippen molar-refractivity contribution in [2.45, 2.75) is 88.3 Å². The highest BCUT2D eigenvalue weighted by Gasteiger charge is 2.44. The minimum Gasteiger partial charge on any atom is -0.455 e. The minimum absolute atomic E-state index is 0.0777. The lowest BCUT2D eigenvalue weighted by molar-refractivity contribution is 0.569. The maximum Gasteiger partial charge on any atom is 0.249 e. The highest BCUT2D eigenvalue weighted by molar-refractivity contribution is 8.00. The molecule has 0 saturated heterocycles. The van der Waals surface area contributed by atoms with Crippen molar-refractivity contribution < 1.29 is 12.6 Å². The van der Waals surface area contributed by atoms with Gasteiger partial charge < -0.3 is 13.9 Å². The number of aromatic nitrogens is 1. The number of fused-ring (bicyclic) bond motifs is 11. The molecule has 0 saturated carbocycles. The molecular formula is C114H89BN2OS. The van der Waals surface area contributed by atoms with Gasteiger partial charge >= 0.3 is 0 Å². The van der Waals surface area contributed by atoms with E-state index in [4.69, 9.17) is 4.42 Å². The second-order valence-corrected chi connectivity index (χ2v) is 36.2. The fourth-order valence-corrected chi connectivity index (χ4v) is 19.4. The van der Waals surface area contributed by atoms with Crippen LogP contribution < -0.4 is 21.3 Å². The summed E-state index contributed by atoms with van der Waals surface area (Å²) in [4.78, 5) is 4.76. The molecule has 3 nitrogen and oxygen atoms in total. The van der Waals surface area contributed by atoms with Crippen molar-refractivity contribution >= 4 is 95.7 Å². The normalized spacial score (nSPS) is 13.4. The van der Waals surface area contributed by atoms with Crippen molar-refractivity contribution in [3.63, 3.8) is 0 Å². The van der Waals surface area contributed by atoms with Crippen molar-refractivity contribution in [1.82, 2.24) is 4.57 Å². The fourth-order valence-electron chi connectivity index (χ4n) is 18.1. The molecule has 2 aromatic heterocycles. The molecule has 0 atom stereocenters. The van der Waals surface area contributed by atoms with Gasteiger partial charge in [0.2, 0.25) is 6.71 Å². The summed E-state index contributed by atoms with van der Waals surface area (Å²) in [5.41, 5.74) is 32.0. The molecule has 21 rings (SSSR count). The lowest BCUT2D eigenvalue weighted by Crippen LogP contribution is -2.60. The van der Waals surface area contributed by atoms with Crippen molar-refractivity contribution in [1.29, 1.82) is 0 Å². The number of rotatable bonds is 12. The lowest BCUT2D eigenvalue weighted by atomic mass is 9.34. The molecule has 119 heavy (non-hydrogen) atoms. The van der Waals surface area contributed by atoms with Crippen LogP contribution in [0.4, 0.5) is 17.1 Å². The fraction of sp³-hybridized carbons (Fsp3) is 0.105. The van der Waals surface area contributed by atoms with Crippen LogP contribution in [-0.2, 0) is 16.2 Å². The van der Waals surface area contributed by atoms with Gasteiger partial charge in [0.05, 0.1) is 30.3 Å². The summed E-state index contributed by atoms with van der Waals surface area (Å²) in [6.07, 6.45) is 0. The Morgan fingerprint density at radius 3 is 1.33 bits per heavy atom. The largest absolute Gasteiger partial charge is 0.455 e. The van der Waals surface area contributed by atoms with Crippen LogP contribution in [-0.4, -0.2) is 11.3 Å². The van der Waals surface area contributed by atoms with Crippen LogP contribution >= 0.6 is 11.8 Å². The Morgan fingerprint density at radius 1 is 0.311 bits per heavy atom. The van der Waals surface area contributed by atoms with Gasteiger partial charge in [0.1, 0.15) is 11.2 Å². The van der Waals surface area contributed by atoms with Crippen molar-refractivity contribution in [3.05, 3.63) is 393 Å². The molecule has 0 unspecified atom stereocenters. The standard InChI is InChI=1S/C114H89BN2OS/c1-112(2,3)89-62-86(63-90(68-89)113(4,5)6)88-66-104-108-106(67-88)119-111-98(78-51-49-75(50-52-78)72-31-15-10-16-32-72)64-87(85-60-83(81-43-29-41-79(57-81)73-33-17-11-18-34-73)59-84(61-85)82-44-30-42-80(58-82)74-35-19-12-20-36-74)65-100(111)115(108)99-55-53-92(116-101-47-27-25-46-95(101)107-102(116)56-54-94-93-45-26-28-48-105(93)118-110(94)107)71-103(99)117(104)109-96(76-37-21-13-22-38-76)69-91(114(7,8)9)70-97(109)77-39-23-14-24-40-77/h10-71H,1-9H3/i25D,27D,46D,47D,54D,56D. The summed E-state index contributed by atoms with van der Waals surface area (Å²) in [5, 5.41) is 1.59. The number of furan rings is 1. The number of anilines is 3. The van der Waals surface area contributed by atoms with E-state index in [9.17, 15) is 8.22 Å². The van der Waals surface area contributed by atoms with E-state index in [1.54, 1.807) is 0 Å². The molecule has 0 spiro atoms. The smallest absolute Gasteiger partial charge is 0.249 e. The molecule has 2 aliphatic heterocycles. The van der Waals surface area contributed by atoms with Crippen molar-refractivity contribution in [2.75, 3.05) is 4.90 Å². The first-order valence-electron chi connectivity index (χ1n) is 44.3. The Morgan fingerprint density at radius 2 is 0.756 bits per heavy atom. The van der Waals surface area contributed by atoms with E-state index in [1.807, 2.05) is 40.6 Å². The Labute approximate surface area is 711 Å². The Kier molecular flexibility index (Phi) is 16.1. The number of nitrogens with zero attached hydrogens (tertiary/aromatic N) is 2. The average molecular weight is 1550 g/mol. The molecule has 19 aromatic rings. The monoisotopic (exact) mass is 1550 g/mol. The maximum absolute atomic E-state index is 10.5. The van der Waals surface area contributed by atoms with E-state index in [1.165, 1.54) is 11.1 Å². The number of para-hydroxylation sites is 2. The quantitative estimate of drug-likeness (QED) is 0.114. The lowest BCUT2D eigenvalue weighted by Gasteiger charge is -2.43. The molecule has 570 valence electrons. The van der Waals surface area contributed by atoms with Crippen LogP contribution in [0.5, 0.6) is 0 Å². The molecule has 2 aliphatic rings. The van der Waals surface area contributed by atoms with E-state index < -0.39 is 18.8 Å². The van der Waals surface area contributed by atoms with Crippen LogP contribution in [0.2, 0.25) is 0 Å². The third kappa shape index (κ3) is 13.0. The molecule has 0 amide bonds. The highest BCUT2D eigenvalue weighted by atomic mass is 32.2. The summed E-state index contributed by atoms with van der Waals surface area (Å²) >= 11 is 1.85. The van der Waals surface area contributed by atoms with Gasteiger partial charge in [0.15, 0.2) is 0 Å². The van der Waals surface area contributed by atoms with Crippen molar-refractivity contribution in [3.8, 4) is 117 Å². The van der Waals surface area contributed by atoms with Gasteiger partial charge in [0.25, 0.3) is 0 Å². The molecule has 0 aliphatic carbocycles. The van der Waals surface area contributed by atoms with Gasteiger partial charge in [-0.3, -0.25) is 0 Å². The molecular weight excluding hydrogens is 1460 g/mol. The SMILES string of the molecule is [2H]c1c([2H])c([2H])c2c(c1[2H])c1c3oc4ccccc4c3c([2H])c([2H])c1n2-c1ccc2c(c1)N(c1c(-c3ccccc3)cc(C(C)(C)C)cc1-c1ccccc1)c1cc(-c3cc(C(C)(C)C)cc(C(C)(C)C)c3)cc3c1B2c1cc(-c2cc(-c4cccc(-c5ccccc5)c4)cc(-c4cccc(-c5ccccc5)c4)c2)cc(-c2ccc(-c4ccccc4)cc2)c1S3. The van der Waals surface area contributed by atoms with Crippen LogP contribution in [0.25, 0.3) is 161 Å². The Hall–Kier alpha value is -13.4. The maximum atomic E-state index is 10.5. The molecule has 5 heteroatoms. The molecule has 0 fully saturated rings. The molecule has 17 aromatic carbocycles. The summed E-state index contributed by atoms with van der Waals surface area (Å²) in [6, 6.07) is 122. The average Bonchev–Trinajstić information content (AvgIpc) is 1.64. The van der Waals surface area contributed by atoms with E-state index >= 15 is 0 Å². The Balaban J connectivity index is 0.920. The van der Waals surface area contributed by atoms with Gasteiger partial charge in [-0.2, -0.15) is 0 Å². The van der Waals surface area contributed by atoms with Gasteiger partial charge in [0, 0.05) is 54.1 Å². The number of hydrogen-bond donors (Lipinski definition) is 0. The van der Waals surface area contributed by atoms with Gasteiger partial charge in [-0.25, -0.2) is 0 Å². The summed E-state index contributed by atoms with van der Waals surface area (Å²) in [7, 11) is 0. The van der Waals surface area contributed by atoms with Crippen LogP contribution in [0, 0.1) is 0 Å². The molecule has 0 bridgehead atoms. The second kappa shape index (κ2) is 28.7. The third-order valence-electron chi connectivity index (χ3n) is 24.4. The summed E-state index contributed by atoms with van der Waals surface area (Å²) < 4.78 is 68.7. The minimum atomic E-state index is -0.488. The molecule has 0 N–H and O–H groups in total. The second-order valence-electron chi connectivity index (χ2n) is 35.1. The highest BCUT2D eigenvalue weighted by Crippen LogP contribution is 2.54. The first-order valence-corrected chi connectivity index (χ1v) is 42.1. The van der Waals surface area contributed by atoms with Gasteiger partial charge in [-0.05, 0) is 241 Å². The van der Waals surface area contributed by atoms with E-state index in [0.717, 1.165) is 160 Å². The molecule has 0 radical (unpaired) electrons. The predicted molar refractivity (Wildman–Crippen MR) is 508 cm³/mol. The number of benzene rings is 17. The van der Waals surface area contributed by atoms with Crippen LogP contribution in [0.15, 0.2) is 390 Å². The van der Waals surface area contributed by atoms with Crippen LogP contribution in [0.1, 0.15) is 87.2 Å². The summed E-state index contributed by atoms with van der Waals surface area (Å²) in [6.45, 7) is 20.2. The van der Waals surface area contributed by atoms with Crippen LogP contribution in [0.3, 0.4) is 0 Å². The first-order chi connectivity index (χ1) is 60.4. The zero-order valence-corrected chi connectivity index (χ0v) is 68.9. The number of hydrogen-bond acceptors (Lipinski definition) is 3. The van der Waals surface area contributed by atoms with E-state index in [2.05, 4.69) is 383 Å². The third-order valence-corrected chi connectivity index (χ3v) is 25.6. The predicted octanol–water partition coefficient (Wildman–Crippen LogP) is 30.0. The van der Waals surface area contributed by atoms with Gasteiger partial charge in [-0.15, -0.1) is 0 Å².